The first kappa shape index (κ1) is 18.6. The first-order valence-electron chi connectivity index (χ1n) is 8.00. The first-order valence-corrected chi connectivity index (χ1v) is 8.98. The Morgan fingerprint density at radius 2 is 2.04 bits per heavy atom. The molecule has 0 fully saturated rings. The minimum Gasteiger partial charge on any atom is -0.449 e. The van der Waals surface area contributed by atoms with Crippen LogP contribution in [0.5, 0.6) is 0 Å². The lowest BCUT2D eigenvalue weighted by atomic mass is 10.2. The molecule has 0 saturated carbocycles. The fourth-order valence-corrected chi connectivity index (χ4v) is 2.78. The van der Waals surface area contributed by atoms with Gasteiger partial charge < -0.3 is 4.74 Å². The maximum Gasteiger partial charge on any atom is 0.339 e. The van der Waals surface area contributed by atoms with E-state index in [0.717, 1.165) is 17.3 Å². The second kappa shape index (κ2) is 8.96. The molecule has 0 saturated heterocycles. The lowest BCUT2D eigenvalue weighted by molar-refractivity contribution is 0.0556. The number of thioether (sulfide) groups is 1. The molecule has 0 unspecified atom stereocenters. The number of halogens is 1. The molecular formula is C19H15FN4O2S. The largest absolute Gasteiger partial charge is 0.449 e. The number of tetrazole rings is 1. The number of aromatic nitrogens is 4. The van der Waals surface area contributed by atoms with Crippen LogP contribution in [0.25, 0.3) is 5.69 Å². The molecule has 136 valence electrons. The summed E-state index contributed by atoms with van der Waals surface area (Å²) in [7, 11) is 0. The molecule has 0 aliphatic heterocycles. The van der Waals surface area contributed by atoms with E-state index in [4.69, 9.17) is 4.74 Å². The van der Waals surface area contributed by atoms with Crippen LogP contribution in [0.2, 0.25) is 0 Å². The normalized spacial score (nSPS) is 10.1. The molecule has 1 aromatic heterocycles. The molecule has 1 heterocycles. The highest BCUT2D eigenvalue weighted by Crippen LogP contribution is 2.17. The molecule has 3 rings (SSSR count). The molecule has 0 amide bonds. The highest BCUT2D eigenvalue weighted by atomic mass is 32.2. The van der Waals surface area contributed by atoms with Crippen molar-refractivity contribution in [3.8, 4) is 17.5 Å². The number of aryl methyl sites for hydroxylation is 1. The fraction of sp³-hybridized carbons (Fsp3) is 0.158. The molecule has 0 radical (unpaired) electrons. The lowest BCUT2D eigenvalue weighted by Gasteiger charge is -2.03. The van der Waals surface area contributed by atoms with Crippen molar-refractivity contribution in [3.05, 3.63) is 65.5 Å². The van der Waals surface area contributed by atoms with E-state index in [1.54, 1.807) is 4.68 Å². The summed E-state index contributed by atoms with van der Waals surface area (Å²) in [6.45, 7) is 1.94. The predicted octanol–water partition coefficient (Wildman–Crippen LogP) is 3.06. The highest BCUT2D eigenvalue weighted by molar-refractivity contribution is 7.99. The summed E-state index contributed by atoms with van der Waals surface area (Å²) in [5, 5.41) is 12.3. The van der Waals surface area contributed by atoms with Gasteiger partial charge in [-0.1, -0.05) is 47.4 Å². The summed E-state index contributed by atoms with van der Waals surface area (Å²) in [4.78, 5) is 11.8. The number of ether oxygens (including phenoxy) is 1. The average Bonchev–Trinajstić information content (AvgIpc) is 3.13. The van der Waals surface area contributed by atoms with E-state index < -0.39 is 11.8 Å². The molecule has 8 heteroatoms. The van der Waals surface area contributed by atoms with E-state index >= 15 is 0 Å². The Balaban J connectivity index is 1.49. The Morgan fingerprint density at radius 1 is 1.22 bits per heavy atom. The quantitative estimate of drug-likeness (QED) is 0.384. The van der Waals surface area contributed by atoms with Gasteiger partial charge in [0, 0.05) is 0 Å². The first-order chi connectivity index (χ1) is 13.1. The van der Waals surface area contributed by atoms with Crippen LogP contribution in [-0.2, 0) is 4.74 Å². The number of benzene rings is 2. The second-order valence-corrected chi connectivity index (χ2v) is 6.38. The van der Waals surface area contributed by atoms with Crippen LogP contribution in [0, 0.1) is 24.6 Å². The summed E-state index contributed by atoms with van der Waals surface area (Å²) >= 11 is 1.37. The van der Waals surface area contributed by atoms with E-state index in [1.165, 1.54) is 30.0 Å². The molecule has 3 aromatic rings. The Hall–Kier alpha value is -3.18. The van der Waals surface area contributed by atoms with Crippen LogP contribution >= 0.6 is 11.8 Å². The number of carbonyl (C=O) groups is 1. The monoisotopic (exact) mass is 382 g/mol. The topological polar surface area (TPSA) is 69.9 Å². The molecular weight excluding hydrogens is 367 g/mol. The Kier molecular flexibility index (Phi) is 6.18. The van der Waals surface area contributed by atoms with Gasteiger partial charge in [0.2, 0.25) is 5.16 Å². The van der Waals surface area contributed by atoms with Crippen molar-refractivity contribution in [2.45, 2.75) is 12.1 Å². The summed E-state index contributed by atoms with van der Waals surface area (Å²) in [5.74, 6) is 4.96. The highest BCUT2D eigenvalue weighted by Gasteiger charge is 2.08. The van der Waals surface area contributed by atoms with Crippen LogP contribution in [-0.4, -0.2) is 38.5 Å². The third kappa shape index (κ3) is 5.15. The molecule has 27 heavy (non-hydrogen) atoms. The minimum absolute atomic E-state index is 0.0706. The smallest absolute Gasteiger partial charge is 0.339 e. The standard InChI is InChI=1S/C19H15FN4O2S/c1-14-7-9-17(10-8-14)24-19(21-22-23-24)27-12-3-2-11-26-18(25)15-5-4-6-16(20)13-15/h4-10,13H,11-12H2,1H3. The zero-order valence-electron chi connectivity index (χ0n) is 14.4. The number of hydrogen-bond donors (Lipinski definition) is 0. The number of nitrogens with zero attached hydrogens (tertiary/aromatic N) is 4. The maximum absolute atomic E-state index is 13.1. The number of carbonyl (C=O) groups excluding carboxylic acids is 1. The van der Waals surface area contributed by atoms with E-state index in [0.29, 0.717) is 10.9 Å². The number of hydrogen-bond acceptors (Lipinski definition) is 6. The van der Waals surface area contributed by atoms with E-state index in [1.807, 2.05) is 31.2 Å². The van der Waals surface area contributed by atoms with Gasteiger partial charge >= 0.3 is 5.97 Å². The third-order valence-corrected chi connectivity index (χ3v) is 4.26. The number of esters is 1. The molecule has 0 bridgehead atoms. The van der Waals surface area contributed by atoms with Crippen LogP contribution in [0.4, 0.5) is 4.39 Å². The van der Waals surface area contributed by atoms with Crippen LogP contribution < -0.4 is 0 Å². The lowest BCUT2D eigenvalue weighted by Crippen LogP contribution is -2.05. The predicted molar refractivity (Wildman–Crippen MR) is 99.1 cm³/mol. The Bertz CT molecular complexity index is 993. The van der Waals surface area contributed by atoms with Gasteiger partial charge in [0.25, 0.3) is 0 Å². The Morgan fingerprint density at radius 3 is 2.81 bits per heavy atom. The molecule has 0 aliphatic carbocycles. The SMILES string of the molecule is Cc1ccc(-n2nnnc2SCC#CCOC(=O)c2cccc(F)c2)cc1. The van der Waals surface area contributed by atoms with Crippen molar-refractivity contribution >= 4 is 17.7 Å². The third-order valence-electron chi connectivity index (χ3n) is 3.45. The average molecular weight is 382 g/mol. The molecule has 6 nitrogen and oxygen atoms in total. The summed E-state index contributed by atoms with van der Waals surface area (Å²) in [6.07, 6.45) is 0. The van der Waals surface area contributed by atoms with Crippen LogP contribution in [0.1, 0.15) is 15.9 Å². The Labute approximate surface area is 159 Å². The van der Waals surface area contributed by atoms with Crippen molar-refractivity contribution in [2.75, 3.05) is 12.4 Å². The second-order valence-electron chi connectivity index (χ2n) is 5.44. The van der Waals surface area contributed by atoms with E-state index in [-0.39, 0.29) is 12.2 Å². The van der Waals surface area contributed by atoms with Gasteiger partial charge in [0.05, 0.1) is 17.0 Å². The van der Waals surface area contributed by atoms with Gasteiger partial charge in [0.1, 0.15) is 5.82 Å². The minimum atomic E-state index is -0.611. The van der Waals surface area contributed by atoms with Crippen LogP contribution in [0.15, 0.2) is 53.7 Å². The van der Waals surface area contributed by atoms with Gasteiger partial charge in [-0.3, -0.25) is 0 Å². The van der Waals surface area contributed by atoms with Crippen molar-refractivity contribution in [2.24, 2.45) is 0 Å². The fourth-order valence-electron chi connectivity index (χ4n) is 2.12. The maximum atomic E-state index is 13.1. The zero-order chi connectivity index (χ0) is 19.1. The molecule has 0 spiro atoms. The van der Waals surface area contributed by atoms with Crippen molar-refractivity contribution < 1.29 is 13.9 Å². The summed E-state index contributed by atoms with van der Waals surface area (Å²) < 4.78 is 19.7. The molecule has 0 N–H and O–H groups in total. The summed E-state index contributed by atoms with van der Waals surface area (Å²) in [6, 6.07) is 13.2. The van der Waals surface area contributed by atoms with Gasteiger partial charge in [-0.25, -0.2) is 9.18 Å². The molecule has 0 aliphatic rings. The van der Waals surface area contributed by atoms with Crippen molar-refractivity contribution in [3.63, 3.8) is 0 Å². The van der Waals surface area contributed by atoms with Gasteiger partial charge in [-0.05, 0) is 47.7 Å². The van der Waals surface area contributed by atoms with Crippen molar-refractivity contribution in [1.29, 1.82) is 0 Å². The molecule has 2 aromatic carbocycles. The number of rotatable bonds is 5. The van der Waals surface area contributed by atoms with Gasteiger partial charge in [0.15, 0.2) is 6.61 Å². The van der Waals surface area contributed by atoms with E-state index in [2.05, 4.69) is 27.4 Å². The molecule has 0 atom stereocenters. The summed E-state index contributed by atoms with van der Waals surface area (Å²) in [5.41, 5.74) is 2.17. The van der Waals surface area contributed by atoms with Gasteiger partial charge in [-0.2, -0.15) is 4.68 Å². The van der Waals surface area contributed by atoms with Crippen LogP contribution in [0.3, 0.4) is 0 Å². The van der Waals surface area contributed by atoms with Crippen molar-refractivity contribution in [1.82, 2.24) is 20.2 Å². The zero-order valence-corrected chi connectivity index (χ0v) is 15.2. The van der Waals surface area contributed by atoms with E-state index in [9.17, 15) is 9.18 Å². The van der Waals surface area contributed by atoms with Gasteiger partial charge in [-0.15, -0.1) is 5.10 Å².